The van der Waals surface area contributed by atoms with Gasteiger partial charge in [0.05, 0.1) is 12.2 Å². The lowest BCUT2D eigenvalue weighted by Crippen LogP contribution is -2.53. The number of hydrogen-bond donors (Lipinski definition) is 2. The van der Waals surface area contributed by atoms with Gasteiger partial charge in [-0.2, -0.15) is 12.7 Å². The highest BCUT2D eigenvalue weighted by Gasteiger charge is 2.36. The Balaban J connectivity index is 2.02. The van der Waals surface area contributed by atoms with E-state index in [1.165, 1.54) is 22.2 Å². The predicted octanol–water partition coefficient (Wildman–Crippen LogP) is -1.70. The van der Waals surface area contributed by atoms with Crippen molar-refractivity contribution < 1.29 is 18.3 Å². The third-order valence-electron chi connectivity index (χ3n) is 2.53. The second-order valence-corrected chi connectivity index (χ2v) is 5.44. The van der Waals surface area contributed by atoms with E-state index < -0.39 is 16.2 Å². The molecule has 1 fully saturated rings. The van der Waals surface area contributed by atoms with Crippen LogP contribution in [0, 0.1) is 0 Å². The molecular formula is C7H11N5O4S. The van der Waals surface area contributed by atoms with Crippen LogP contribution in [0.1, 0.15) is 16.5 Å². The van der Waals surface area contributed by atoms with Crippen LogP contribution >= 0.6 is 0 Å². The van der Waals surface area contributed by atoms with E-state index in [0.29, 0.717) is 0 Å². The quantitative estimate of drug-likeness (QED) is 0.667. The third-order valence-corrected chi connectivity index (χ3v) is 4.02. The molecule has 0 spiro atoms. The Bertz CT molecular complexity index is 532. The largest absolute Gasteiger partial charge is 0.476 e. The van der Waals surface area contributed by atoms with Gasteiger partial charge >= 0.3 is 5.97 Å². The molecule has 0 unspecified atom stereocenters. The zero-order valence-electron chi connectivity index (χ0n) is 8.94. The maximum absolute atomic E-state index is 11.3. The van der Waals surface area contributed by atoms with Crippen molar-refractivity contribution in [2.24, 2.45) is 0 Å². The van der Waals surface area contributed by atoms with Gasteiger partial charge in [0.25, 0.3) is 10.2 Å². The van der Waals surface area contributed by atoms with Gasteiger partial charge in [0.1, 0.15) is 0 Å². The van der Waals surface area contributed by atoms with Crippen LogP contribution in [0.25, 0.3) is 0 Å². The van der Waals surface area contributed by atoms with Gasteiger partial charge in [-0.05, 0) is 0 Å². The predicted molar refractivity (Wildman–Crippen MR) is 55.6 cm³/mol. The average molecular weight is 261 g/mol. The van der Waals surface area contributed by atoms with E-state index in [9.17, 15) is 13.2 Å². The fourth-order valence-electron chi connectivity index (χ4n) is 1.46. The number of rotatable bonds is 4. The van der Waals surface area contributed by atoms with E-state index in [1.54, 1.807) is 0 Å². The topological polar surface area (TPSA) is 117 Å². The molecule has 0 bridgehead atoms. The second-order valence-electron chi connectivity index (χ2n) is 3.57. The summed E-state index contributed by atoms with van der Waals surface area (Å²) in [5.74, 6) is -1.16. The van der Waals surface area contributed by atoms with Gasteiger partial charge < -0.3 is 5.11 Å². The van der Waals surface area contributed by atoms with Crippen molar-refractivity contribution in [2.75, 3.05) is 20.1 Å². The summed E-state index contributed by atoms with van der Waals surface area (Å²) in [4.78, 5) is 10.6. The molecule has 0 aliphatic carbocycles. The van der Waals surface area contributed by atoms with Crippen LogP contribution < -0.4 is 4.72 Å². The van der Waals surface area contributed by atoms with Crippen molar-refractivity contribution >= 4 is 16.2 Å². The van der Waals surface area contributed by atoms with E-state index in [2.05, 4.69) is 15.0 Å². The molecule has 0 radical (unpaired) electrons. The molecule has 2 N–H and O–H groups in total. The first-order chi connectivity index (χ1) is 7.94. The Kier molecular flexibility index (Phi) is 2.85. The number of hydrogen-bond acceptors (Lipinski definition) is 5. The summed E-state index contributed by atoms with van der Waals surface area (Å²) in [5.41, 5.74) is -0.153. The van der Waals surface area contributed by atoms with Crippen molar-refractivity contribution in [3.05, 3.63) is 11.9 Å². The number of carboxylic acids is 1. The zero-order chi connectivity index (χ0) is 12.6. The molecule has 9 nitrogen and oxygen atoms in total. The minimum absolute atomic E-state index is 0.153. The Hall–Kier alpha value is -1.52. The molecule has 0 atom stereocenters. The molecule has 94 valence electrons. The van der Waals surface area contributed by atoms with E-state index in [4.69, 9.17) is 5.11 Å². The van der Waals surface area contributed by atoms with Crippen molar-refractivity contribution in [3.63, 3.8) is 0 Å². The molecule has 1 aromatic heterocycles. The van der Waals surface area contributed by atoms with Crippen LogP contribution in [0.4, 0.5) is 0 Å². The van der Waals surface area contributed by atoms with Crippen LogP contribution in [0.15, 0.2) is 6.20 Å². The first kappa shape index (κ1) is 12.0. The molecule has 1 aliphatic heterocycles. The Morgan fingerprint density at radius 1 is 1.59 bits per heavy atom. The summed E-state index contributed by atoms with van der Waals surface area (Å²) in [7, 11) is -2.07. The van der Waals surface area contributed by atoms with Crippen LogP contribution in [0.5, 0.6) is 0 Å². The van der Waals surface area contributed by atoms with E-state index >= 15 is 0 Å². The highest BCUT2D eigenvalue weighted by molar-refractivity contribution is 7.87. The molecule has 1 saturated heterocycles. The first-order valence-corrected chi connectivity index (χ1v) is 6.22. The molecular weight excluding hydrogens is 250 g/mol. The summed E-state index contributed by atoms with van der Waals surface area (Å²) in [6.07, 6.45) is 1.29. The van der Waals surface area contributed by atoms with Crippen molar-refractivity contribution in [1.29, 1.82) is 0 Å². The summed E-state index contributed by atoms with van der Waals surface area (Å²) < 4.78 is 27.5. The van der Waals surface area contributed by atoms with Gasteiger partial charge in [0.15, 0.2) is 5.69 Å². The fourth-order valence-corrected chi connectivity index (χ4v) is 2.46. The number of carbonyl (C=O) groups is 1. The molecule has 1 aromatic rings. The van der Waals surface area contributed by atoms with Crippen molar-refractivity contribution in [1.82, 2.24) is 24.0 Å². The van der Waals surface area contributed by atoms with Gasteiger partial charge in [0.2, 0.25) is 0 Å². The van der Waals surface area contributed by atoms with Gasteiger partial charge in [-0.1, -0.05) is 5.21 Å². The van der Waals surface area contributed by atoms with Gasteiger partial charge in [-0.15, -0.1) is 5.10 Å². The van der Waals surface area contributed by atoms with Crippen LogP contribution in [-0.4, -0.2) is 58.9 Å². The van der Waals surface area contributed by atoms with Gasteiger partial charge in [0, 0.05) is 20.1 Å². The van der Waals surface area contributed by atoms with E-state index in [-0.39, 0.29) is 24.8 Å². The molecule has 2 heterocycles. The van der Waals surface area contributed by atoms with Crippen LogP contribution in [0.2, 0.25) is 0 Å². The van der Waals surface area contributed by atoms with Crippen molar-refractivity contribution in [3.8, 4) is 0 Å². The molecule has 0 aromatic carbocycles. The molecule has 1 aliphatic rings. The number of nitrogens with one attached hydrogen (secondary N) is 1. The first-order valence-electron chi connectivity index (χ1n) is 4.78. The molecule has 17 heavy (non-hydrogen) atoms. The average Bonchev–Trinajstić information content (AvgIpc) is 2.64. The van der Waals surface area contributed by atoms with Crippen LogP contribution in [-0.2, 0) is 10.2 Å². The smallest absolute Gasteiger partial charge is 0.358 e. The monoisotopic (exact) mass is 261 g/mol. The molecule has 0 amide bonds. The minimum atomic E-state index is -3.41. The Morgan fingerprint density at radius 3 is 2.71 bits per heavy atom. The Labute approximate surface area is 97.2 Å². The molecule has 0 saturated carbocycles. The standard InChI is InChI=1S/C7H11N5O4S/c1-8-17(15,16)11-2-5(3-11)12-4-6(7(13)14)9-10-12/h4-5,8H,2-3H2,1H3,(H,13,14). The molecule has 2 rings (SSSR count). The molecule has 10 heteroatoms. The van der Waals surface area contributed by atoms with Gasteiger partial charge in [-0.25, -0.2) is 14.2 Å². The van der Waals surface area contributed by atoms with E-state index in [0.717, 1.165) is 0 Å². The lowest BCUT2D eigenvalue weighted by molar-refractivity contribution is 0.0690. The van der Waals surface area contributed by atoms with Crippen molar-refractivity contribution in [2.45, 2.75) is 6.04 Å². The third kappa shape index (κ3) is 2.14. The highest BCUT2D eigenvalue weighted by Crippen LogP contribution is 2.22. The number of carboxylic acid groups (broad SMARTS) is 1. The van der Waals surface area contributed by atoms with Gasteiger partial charge in [-0.3, -0.25) is 0 Å². The summed E-state index contributed by atoms with van der Waals surface area (Å²) in [5, 5.41) is 15.8. The maximum Gasteiger partial charge on any atom is 0.358 e. The van der Waals surface area contributed by atoms with E-state index in [1.807, 2.05) is 0 Å². The Morgan fingerprint density at radius 2 is 2.24 bits per heavy atom. The normalized spacial score (nSPS) is 17.9. The number of nitrogens with zero attached hydrogens (tertiary/aromatic N) is 4. The summed E-state index contributed by atoms with van der Waals surface area (Å²) >= 11 is 0. The highest BCUT2D eigenvalue weighted by atomic mass is 32.2. The second kappa shape index (κ2) is 4.05. The number of aromatic nitrogens is 3. The number of aromatic carboxylic acids is 1. The lowest BCUT2D eigenvalue weighted by Gasteiger charge is -2.37. The fraction of sp³-hybridized carbons (Fsp3) is 0.571. The summed E-state index contributed by atoms with van der Waals surface area (Å²) in [6.45, 7) is 0.511. The maximum atomic E-state index is 11.3. The summed E-state index contributed by atoms with van der Waals surface area (Å²) in [6, 6.07) is -0.168. The zero-order valence-corrected chi connectivity index (χ0v) is 9.75. The van der Waals surface area contributed by atoms with Crippen LogP contribution in [0.3, 0.4) is 0 Å². The lowest BCUT2D eigenvalue weighted by atomic mass is 10.2. The SMILES string of the molecule is CNS(=O)(=O)N1CC(n2cc(C(=O)O)nn2)C1. The minimum Gasteiger partial charge on any atom is -0.476 e.